The van der Waals surface area contributed by atoms with Crippen LogP contribution < -0.4 is 0 Å². The second-order valence-corrected chi connectivity index (χ2v) is 4.04. The van der Waals surface area contributed by atoms with Gasteiger partial charge in [0.05, 0.1) is 0 Å². The summed E-state index contributed by atoms with van der Waals surface area (Å²) in [5.74, 6) is -1.18. The van der Waals surface area contributed by atoms with Crippen molar-refractivity contribution in [3.05, 3.63) is 29.8 Å². The number of phenols is 1. The van der Waals surface area contributed by atoms with E-state index in [4.69, 9.17) is 10.2 Å². The van der Waals surface area contributed by atoms with Crippen molar-refractivity contribution in [3.8, 4) is 5.75 Å². The Balaban J connectivity index is 2.19. The number of carboxylic acid groups (broad SMARTS) is 1. The second-order valence-electron chi connectivity index (χ2n) is 4.04. The van der Waals surface area contributed by atoms with Gasteiger partial charge in [-0.15, -0.1) is 0 Å². The van der Waals surface area contributed by atoms with E-state index in [2.05, 4.69) is 0 Å². The summed E-state index contributed by atoms with van der Waals surface area (Å²) in [5.41, 5.74) is 0.399. The number of carbonyl (C=O) groups is 2. The molecule has 1 aliphatic rings. The molecule has 0 aliphatic carbocycles. The topological polar surface area (TPSA) is 77.8 Å². The molecule has 0 spiro atoms. The van der Waals surface area contributed by atoms with Crippen LogP contribution in [0.15, 0.2) is 24.3 Å². The van der Waals surface area contributed by atoms with Gasteiger partial charge in [0.2, 0.25) is 0 Å². The maximum absolute atomic E-state index is 12.1. The number of likely N-dealkylation sites (tertiary alicyclic amines) is 1. The van der Waals surface area contributed by atoms with Gasteiger partial charge in [-0.25, -0.2) is 4.79 Å². The number of benzene rings is 1. The average Bonchev–Trinajstić information content (AvgIpc) is 2.78. The number of aromatic hydroxyl groups is 1. The Bertz CT molecular complexity index is 440. The van der Waals surface area contributed by atoms with E-state index in [1.165, 1.54) is 29.2 Å². The third-order valence-electron chi connectivity index (χ3n) is 2.91. The Kier molecular flexibility index (Phi) is 2.99. The standard InChI is InChI=1S/C12H13NO4/c14-9-5-3-8(4-6-9)11(15)13-7-1-2-10(13)12(16)17/h3-6,10,14H,1-2,7H2,(H,16,17). The van der Waals surface area contributed by atoms with E-state index in [0.717, 1.165) is 0 Å². The molecule has 2 rings (SSSR count). The Hall–Kier alpha value is -2.04. The van der Waals surface area contributed by atoms with Crippen molar-refractivity contribution < 1.29 is 19.8 Å². The molecule has 0 aromatic heterocycles. The fourth-order valence-corrected chi connectivity index (χ4v) is 2.04. The molecule has 90 valence electrons. The molecule has 1 amide bonds. The number of carbonyl (C=O) groups excluding carboxylic acids is 1. The lowest BCUT2D eigenvalue weighted by Gasteiger charge is -2.21. The smallest absolute Gasteiger partial charge is 0.326 e. The fraction of sp³-hybridized carbons (Fsp3) is 0.333. The molecular weight excluding hydrogens is 222 g/mol. The average molecular weight is 235 g/mol. The number of rotatable bonds is 2. The number of phenolic OH excluding ortho intramolecular Hbond substituents is 1. The third-order valence-corrected chi connectivity index (χ3v) is 2.91. The van der Waals surface area contributed by atoms with E-state index in [1.54, 1.807) is 0 Å². The Labute approximate surface area is 98.3 Å². The van der Waals surface area contributed by atoms with Gasteiger partial charge in [0.1, 0.15) is 11.8 Å². The number of carboxylic acids is 1. The zero-order valence-corrected chi connectivity index (χ0v) is 9.17. The molecule has 5 heteroatoms. The minimum Gasteiger partial charge on any atom is -0.508 e. The summed E-state index contributed by atoms with van der Waals surface area (Å²) in [4.78, 5) is 24.4. The van der Waals surface area contributed by atoms with Crippen LogP contribution >= 0.6 is 0 Å². The van der Waals surface area contributed by atoms with E-state index in [-0.39, 0.29) is 11.7 Å². The Morgan fingerprint density at radius 1 is 1.24 bits per heavy atom. The molecule has 0 bridgehead atoms. The van der Waals surface area contributed by atoms with Gasteiger partial charge in [-0.1, -0.05) is 0 Å². The molecule has 1 unspecified atom stereocenters. The molecule has 1 aromatic rings. The van der Waals surface area contributed by atoms with Crippen LogP contribution in [0.5, 0.6) is 5.75 Å². The highest BCUT2D eigenvalue weighted by Crippen LogP contribution is 2.21. The van der Waals surface area contributed by atoms with Crippen LogP contribution in [0, 0.1) is 0 Å². The maximum Gasteiger partial charge on any atom is 0.326 e. The molecule has 2 N–H and O–H groups in total. The quantitative estimate of drug-likeness (QED) is 0.804. The van der Waals surface area contributed by atoms with Gasteiger partial charge in [0.25, 0.3) is 5.91 Å². The Morgan fingerprint density at radius 2 is 1.88 bits per heavy atom. The van der Waals surface area contributed by atoms with Crippen molar-refractivity contribution in [2.24, 2.45) is 0 Å². The predicted octanol–water partition coefficient (Wildman–Crippen LogP) is 1.08. The Morgan fingerprint density at radius 3 is 2.47 bits per heavy atom. The zero-order chi connectivity index (χ0) is 12.4. The molecule has 1 aromatic carbocycles. The summed E-state index contributed by atoms with van der Waals surface area (Å²) >= 11 is 0. The highest BCUT2D eigenvalue weighted by atomic mass is 16.4. The van der Waals surface area contributed by atoms with E-state index in [1.807, 2.05) is 0 Å². The van der Waals surface area contributed by atoms with Crippen molar-refractivity contribution in [1.82, 2.24) is 4.90 Å². The monoisotopic (exact) mass is 235 g/mol. The van der Waals surface area contributed by atoms with Crippen molar-refractivity contribution >= 4 is 11.9 Å². The van der Waals surface area contributed by atoms with E-state index in [9.17, 15) is 9.59 Å². The van der Waals surface area contributed by atoms with Gasteiger partial charge in [-0.05, 0) is 37.1 Å². The third kappa shape index (κ3) is 2.22. The first kappa shape index (κ1) is 11.4. The summed E-state index contributed by atoms with van der Waals surface area (Å²) in [5, 5.41) is 18.1. The summed E-state index contributed by atoms with van der Waals surface area (Å²) in [7, 11) is 0. The highest BCUT2D eigenvalue weighted by molar-refractivity contribution is 5.97. The fourth-order valence-electron chi connectivity index (χ4n) is 2.04. The predicted molar refractivity (Wildman–Crippen MR) is 59.8 cm³/mol. The minimum absolute atomic E-state index is 0.0813. The van der Waals surface area contributed by atoms with Gasteiger partial charge in [0, 0.05) is 12.1 Å². The highest BCUT2D eigenvalue weighted by Gasteiger charge is 2.34. The normalized spacial score (nSPS) is 19.3. The van der Waals surface area contributed by atoms with Crippen LogP contribution in [-0.2, 0) is 4.79 Å². The van der Waals surface area contributed by atoms with Crippen LogP contribution in [0.2, 0.25) is 0 Å². The SMILES string of the molecule is O=C(O)C1CCCN1C(=O)c1ccc(O)cc1. The molecule has 1 heterocycles. The second kappa shape index (κ2) is 4.45. The zero-order valence-electron chi connectivity index (χ0n) is 9.17. The number of aliphatic carboxylic acids is 1. The lowest BCUT2D eigenvalue weighted by molar-refractivity contribution is -0.141. The molecule has 1 aliphatic heterocycles. The van der Waals surface area contributed by atoms with Crippen LogP contribution in [0.4, 0.5) is 0 Å². The molecule has 1 saturated heterocycles. The first-order valence-electron chi connectivity index (χ1n) is 5.42. The van der Waals surface area contributed by atoms with Crippen LogP contribution in [0.25, 0.3) is 0 Å². The largest absolute Gasteiger partial charge is 0.508 e. The number of hydrogen-bond donors (Lipinski definition) is 2. The van der Waals surface area contributed by atoms with E-state index >= 15 is 0 Å². The lowest BCUT2D eigenvalue weighted by Crippen LogP contribution is -2.40. The van der Waals surface area contributed by atoms with Gasteiger partial charge in [0.15, 0.2) is 0 Å². The molecule has 1 atom stereocenters. The van der Waals surface area contributed by atoms with Crippen molar-refractivity contribution in [2.75, 3.05) is 6.54 Å². The van der Waals surface area contributed by atoms with Gasteiger partial charge in [-0.2, -0.15) is 0 Å². The summed E-state index contributed by atoms with van der Waals surface area (Å²) < 4.78 is 0. The van der Waals surface area contributed by atoms with E-state index in [0.29, 0.717) is 24.9 Å². The van der Waals surface area contributed by atoms with Crippen molar-refractivity contribution in [3.63, 3.8) is 0 Å². The lowest BCUT2D eigenvalue weighted by atomic mass is 10.1. The van der Waals surface area contributed by atoms with Crippen LogP contribution in [0.3, 0.4) is 0 Å². The maximum atomic E-state index is 12.1. The van der Waals surface area contributed by atoms with E-state index < -0.39 is 12.0 Å². The van der Waals surface area contributed by atoms with Crippen molar-refractivity contribution in [1.29, 1.82) is 0 Å². The first-order valence-corrected chi connectivity index (χ1v) is 5.42. The van der Waals surface area contributed by atoms with Crippen LogP contribution in [0.1, 0.15) is 23.2 Å². The summed E-state index contributed by atoms with van der Waals surface area (Å²) in [6.45, 7) is 0.469. The first-order chi connectivity index (χ1) is 8.09. The van der Waals surface area contributed by atoms with Gasteiger partial charge in [-0.3, -0.25) is 4.79 Å². The van der Waals surface area contributed by atoms with Crippen molar-refractivity contribution in [2.45, 2.75) is 18.9 Å². The molecule has 1 fully saturated rings. The molecular formula is C12H13NO4. The van der Waals surface area contributed by atoms with Gasteiger partial charge < -0.3 is 15.1 Å². The molecule has 0 radical (unpaired) electrons. The number of nitrogens with zero attached hydrogens (tertiary/aromatic N) is 1. The summed E-state index contributed by atoms with van der Waals surface area (Å²) in [6.07, 6.45) is 1.21. The molecule has 0 saturated carbocycles. The molecule has 5 nitrogen and oxygen atoms in total. The number of amides is 1. The van der Waals surface area contributed by atoms with Crippen LogP contribution in [-0.4, -0.2) is 39.6 Å². The summed E-state index contributed by atoms with van der Waals surface area (Å²) in [6, 6.07) is 5.10. The number of hydrogen-bond acceptors (Lipinski definition) is 3. The molecule has 17 heavy (non-hydrogen) atoms. The van der Waals surface area contributed by atoms with Gasteiger partial charge >= 0.3 is 5.97 Å². The minimum atomic E-state index is -0.963.